The van der Waals surface area contributed by atoms with E-state index in [1.807, 2.05) is 0 Å². The van der Waals surface area contributed by atoms with E-state index in [-0.39, 0.29) is 0 Å². The summed E-state index contributed by atoms with van der Waals surface area (Å²) in [5, 5.41) is 2.51. The second-order valence-corrected chi connectivity index (χ2v) is 5.75. The Labute approximate surface area is 94.4 Å². The minimum absolute atomic E-state index is 0.667. The fraction of sp³-hybridized carbons (Fsp3) is 1.00. The Morgan fingerprint density at radius 3 is 2.27 bits per heavy atom. The Hall–Kier alpha value is -0.0800. The molecule has 1 aliphatic heterocycles. The molecular weight excluding hydrogens is 184 g/mol. The molecule has 0 radical (unpaired) electrons. The van der Waals surface area contributed by atoms with Gasteiger partial charge >= 0.3 is 0 Å². The topological polar surface area (TPSA) is 15.3 Å². The highest BCUT2D eigenvalue weighted by atomic mass is 15.5. The van der Waals surface area contributed by atoms with Gasteiger partial charge in [0, 0.05) is 18.1 Å². The predicted molar refractivity (Wildman–Crippen MR) is 64.6 cm³/mol. The van der Waals surface area contributed by atoms with Crippen LogP contribution in [0.2, 0.25) is 0 Å². The molecule has 2 rings (SSSR count). The summed E-state index contributed by atoms with van der Waals surface area (Å²) in [6.45, 7) is 7.05. The van der Waals surface area contributed by atoms with Crippen LogP contribution in [0.3, 0.4) is 0 Å². The molecule has 1 N–H and O–H groups in total. The van der Waals surface area contributed by atoms with Crippen molar-refractivity contribution in [2.45, 2.75) is 77.4 Å². The van der Waals surface area contributed by atoms with Crippen molar-refractivity contribution >= 4 is 0 Å². The molecule has 1 saturated heterocycles. The van der Waals surface area contributed by atoms with E-state index < -0.39 is 0 Å². The maximum absolute atomic E-state index is 3.72. The maximum Gasteiger partial charge on any atom is 0.0218 e. The SMILES string of the molecule is CC(CC1CC1)NN1C(C)CCCC1C. The van der Waals surface area contributed by atoms with Crippen molar-refractivity contribution in [1.29, 1.82) is 0 Å². The molecule has 0 spiro atoms. The summed E-state index contributed by atoms with van der Waals surface area (Å²) in [4.78, 5) is 0. The van der Waals surface area contributed by atoms with Crippen LogP contribution in [0.4, 0.5) is 0 Å². The molecule has 2 aliphatic rings. The first-order chi connectivity index (χ1) is 7.16. The van der Waals surface area contributed by atoms with E-state index >= 15 is 0 Å². The minimum atomic E-state index is 0.667. The Kier molecular flexibility index (Phi) is 3.68. The van der Waals surface area contributed by atoms with Gasteiger partial charge in [-0.1, -0.05) is 19.3 Å². The molecule has 1 saturated carbocycles. The van der Waals surface area contributed by atoms with Crippen molar-refractivity contribution in [1.82, 2.24) is 10.4 Å². The lowest BCUT2D eigenvalue weighted by Crippen LogP contribution is -2.54. The molecule has 1 heterocycles. The molecule has 2 nitrogen and oxygen atoms in total. The Morgan fingerprint density at radius 1 is 1.13 bits per heavy atom. The summed E-state index contributed by atoms with van der Waals surface area (Å²) in [7, 11) is 0. The first-order valence-electron chi connectivity index (χ1n) is 6.71. The van der Waals surface area contributed by atoms with Gasteiger partial charge in [-0.15, -0.1) is 0 Å². The lowest BCUT2D eigenvalue weighted by atomic mass is 9.99. The number of nitrogens with one attached hydrogen (secondary N) is 1. The predicted octanol–water partition coefficient (Wildman–Crippen LogP) is 2.94. The fourth-order valence-corrected chi connectivity index (χ4v) is 2.84. The summed E-state index contributed by atoms with van der Waals surface area (Å²) in [6, 6.07) is 2.10. The van der Waals surface area contributed by atoms with E-state index in [1.165, 1.54) is 38.5 Å². The summed E-state index contributed by atoms with van der Waals surface area (Å²) >= 11 is 0. The molecule has 15 heavy (non-hydrogen) atoms. The minimum Gasteiger partial charge on any atom is -0.252 e. The Balaban J connectivity index is 1.79. The molecule has 3 atom stereocenters. The second-order valence-electron chi connectivity index (χ2n) is 5.75. The highest BCUT2D eigenvalue weighted by molar-refractivity contribution is 4.81. The maximum atomic E-state index is 3.72. The average molecular weight is 210 g/mol. The van der Waals surface area contributed by atoms with Crippen LogP contribution in [0.1, 0.15) is 59.3 Å². The van der Waals surface area contributed by atoms with Crippen LogP contribution in [0.15, 0.2) is 0 Å². The van der Waals surface area contributed by atoms with Crippen molar-refractivity contribution < 1.29 is 0 Å². The van der Waals surface area contributed by atoms with Gasteiger partial charge in [0.15, 0.2) is 0 Å². The van der Waals surface area contributed by atoms with Crippen molar-refractivity contribution in [3.63, 3.8) is 0 Å². The van der Waals surface area contributed by atoms with Gasteiger partial charge in [-0.3, -0.25) is 5.43 Å². The highest BCUT2D eigenvalue weighted by Gasteiger charge is 2.28. The van der Waals surface area contributed by atoms with Crippen LogP contribution in [0.5, 0.6) is 0 Å². The fourth-order valence-electron chi connectivity index (χ4n) is 2.84. The molecule has 0 bridgehead atoms. The van der Waals surface area contributed by atoms with Gasteiger partial charge in [0.2, 0.25) is 0 Å². The molecule has 1 aliphatic carbocycles. The molecule has 3 unspecified atom stereocenters. The van der Waals surface area contributed by atoms with Gasteiger partial charge in [0.1, 0.15) is 0 Å². The number of rotatable bonds is 4. The molecule has 2 fully saturated rings. The second kappa shape index (κ2) is 4.84. The molecule has 0 aromatic heterocycles. The zero-order valence-corrected chi connectivity index (χ0v) is 10.5. The van der Waals surface area contributed by atoms with Crippen LogP contribution >= 0.6 is 0 Å². The molecule has 0 aromatic rings. The van der Waals surface area contributed by atoms with E-state index in [4.69, 9.17) is 0 Å². The van der Waals surface area contributed by atoms with E-state index in [0.29, 0.717) is 6.04 Å². The largest absolute Gasteiger partial charge is 0.252 e. The van der Waals surface area contributed by atoms with Crippen LogP contribution in [-0.2, 0) is 0 Å². The number of hydrogen-bond acceptors (Lipinski definition) is 2. The number of nitrogens with zero attached hydrogens (tertiary/aromatic N) is 1. The summed E-state index contributed by atoms with van der Waals surface area (Å²) in [5.41, 5.74) is 3.72. The van der Waals surface area contributed by atoms with Crippen LogP contribution in [-0.4, -0.2) is 23.1 Å². The third-order valence-electron chi connectivity index (χ3n) is 3.95. The highest BCUT2D eigenvalue weighted by Crippen LogP contribution is 2.33. The summed E-state index contributed by atoms with van der Waals surface area (Å²) in [5.74, 6) is 1.03. The third kappa shape index (κ3) is 3.18. The Bertz CT molecular complexity index is 191. The lowest BCUT2D eigenvalue weighted by molar-refractivity contribution is 0.0301. The summed E-state index contributed by atoms with van der Waals surface area (Å²) in [6.07, 6.45) is 8.42. The Morgan fingerprint density at radius 2 is 1.73 bits per heavy atom. The zero-order valence-electron chi connectivity index (χ0n) is 10.5. The van der Waals surface area contributed by atoms with Gasteiger partial charge in [-0.25, -0.2) is 5.01 Å². The van der Waals surface area contributed by atoms with Crippen molar-refractivity contribution in [2.75, 3.05) is 0 Å². The van der Waals surface area contributed by atoms with Crippen molar-refractivity contribution in [3.8, 4) is 0 Å². The summed E-state index contributed by atoms with van der Waals surface area (Å²) < 4.78 is 0. The van der Waals surface area contributed by atoms with Crippen LogP contribution < -0.4 is 5.43 Å². The average Bonchev–Trinajstić information content (AvgIpc) is 2.95. The van der Waals surface area contributed by atoms with Crippen molar-refractivity contribution in [2.24, 2.45) is 5.92 Å². The molecule has 88 valence electrons. The molecule has 0 aromatic carbocycles. The van der Waals surface area contributed by atoms with Gasteiger partial charge < -0.3 is 0 Å². The van der Waals surface area contributed by atoms with E-state index in [1.54, 1.807) is 0 Å². The smallest absolute Gasteiger partial charge is 0.0218 e. The van der Waals surface area contributed by atoms with Crippen LogP contribution in [0.25, 0.3) is 0 Å². The lowest BCUT2D eigenvalue weighted by Gasteiger charge is -2.41. The third-order valence-corrected chi connectivity index (χ3v) is 3.95. The molecular formula is C13H26N2. The zero-order chi connectivity index (χ0) is 10.8. The van der Waals surface area contributed by atoms with Gasteiger partial charge in [0.25, 0.3) is 0 Å². The van der Waals surface area contributed by atoms with E-state index in [0.717, 1.165) is 18.0 Å². The van der Waals surface area contributed by atoms with Gasteiger partial charge in [-0.2, -0.15) is 0 Å². The molecule has 2 heteroatoms. The number of piperidine rings is 1. The molecule has 0 amide bonds. The van der Waals surface area contributed by atoms with Gasteiger partial charge in [0.05, 0.1) is 0 Å². The first-order valence-corrected chi connectivity index (χ1v) is 6.71. The van der Waals surface area contributed by atoms with E-state index in [9.17, 15) is 0 Å². The van der Waals surface area contributed by atoms with E-state index in [2.05, 4.69) is 31.2 Å². The quantitative estimate of drug-likeness (QED) is 0.767. The first kappa shape index (κ1) is 11.4. The van der Waals surface area contributed by atoms with Crippen LogP contribution in [0, 0.1) is 5.92 Å². The van der Waals surface area contributed by atoms with Gasteiger partial charge in [-0.05, 0) is 46.0 Å². The monoisotopic (exact) mass is 210 g/mol. The standard InChI is InChI=1S/C13H26N2/c1-10(9-13-7-8-13)14-15-11(2)5-4-6-12(15)3/h10-14H,4-9H2,1-3H3. The normalized spacial score (nSPS) is 35.4. The number of hydrogen-bond donors (Lipinski definition) is 1. The van der Waals surface area contributed by atoms with Crippen molar-refractivity contribution in [3.05, 3.63) is 0 Å². The number of hydrazine groups is 1.